The van der Waals surface area contributed by atoms with Gasteiger partial charge in [0.15, 0.2) is 0 Å². The van der Waals surface area contributed by atoms with E-state index in [-0.39, 0.29) is 5.41 Å². The van der Waals surface area contributed by atoms with E-state index < -0.39 is 6.10 Å². The van der Waals surface area contributed by atoms with E-state index in [1.165, 1.54) is 5.56 Å². The van der Waals surface area contributed by atoms with Gasteiger partial charge >= 0.3 is 0 Å². The second-order valence-electron chi connectivity index (χ2n) is 6.43. The Hall–Kier alpha value is -0.900. The first-order chi connectivity index (χ1) is 9.95. The van der Waals surface area contributed by atoms with Crippen LogP contribution in [0, 0.1) is 0 Å². The van der Waals surface area contributed by atoms with Gasteiger partial charge in [-0.25, -0.2) is 0 Å². The number of rotatable bonds is 9. The molecule has 1 atom stereocenters. The van der Waals surface area contributed by atoms with Gasteiger partial charge in [-0.15, -0.1) is 0 Å². The SMILES string of the molecule is CCCCOCCOCC(O)c1ccc(C(C)(C)C)cc1. The number of ether oxygens (including phenoxy) is 2. The van der Waals surface area contributed by atoms with Crippen molar-refractivity contribution in [3.8, 4) is 0 Å². The van der Waals surface area contributed by atoms with Gasteiger partial charge in [0.2, 0.25) is 0 Å². The Bertz CT molecular complexity index is 378. The van der Waals surface area contributed by atoms with E-state index in [4.69, 9.17) is 9.47 Å². The van der Waals surface area contributed by atoms with E-state index in [0.29, 0.717) is 19.8 Å². The molecule has 0 aliphatic heterocycles. The predicted octanol–water partition coefficient (Wildman–Crippen LogP) is 3.85. The molecule has 0 heterocycles. The highest BCUT2D eigenvalue weighted by Crippen LogP contribution is 2.24. The van der Waals surface area contributed by atoms with Gasteiger partial charge in [-0.1, -0.05) is 58.4 Å². The van der Waals surface area contributed by atoms with Gasteiger partial charge in [0.25, 0.3) is 0 Å². The maximum atomic E-state index is 10.1. The smallest absolute Gasteiger partial charge is 0.102 e. The van der Waals surface area contributed by atoms with Crippen LogP contribution < -0.4 is 0 Å². The van der Waals surface area contributed by atoms with Crippen LogP contribution in [0.15, 0.2) is 24.3 Å². The molecule has 1 rings (SSSR count). The highest BCUT2D eigenvalue weighted by Gasteiger charge is 2.14. The number of aliphatic hydroxyl groups is 1. The van der Waals surface area contributed by atoms with Crippen molar-refractivity contribution in [2.24, 2.45) is 0 Å². The van der Waals surface area contributed by atoms with Crippen LogP contribution in [0.1, 0.15) is 57.8 Å². The molecule has 21 heavy (non-hydrogen) atoms. The van der Waals surface area contributed by atoms with Gasteiger partial charge in [-0.05, 0) is 23.0 Å². The predicted molar refractivity (Wildman–Crippen MR) is 86.6 cm³/mol. The molecule has 0 saturated carbocycles. The minimum absolute atomic E-state index is 0.135. The Kier molecular flexibility index (Phi) is 7.94. The first-order valence-electron chi connectivity index (χ1n) is 7.89. The third-order valence-corrected chi connectivity index (χ3v) is 3.45. The van der Waals surface area contributed by atoms with Crippen LogP contribution in [0.3, 0.4) is 0 Å². The van der Waals surface area contributed by atoms with Crippen molar-refractivity contribution in [2.45, 2.75) is 52.1 Å². The second kappa shape index (κ2) is 9.19. The molecule has 0 amide bonds. The summed E-state index contributed by atoms with van der Waals surface area (Å²) in [5.74, 6) is 0. The first kappa shape index (κ1) is 18.1. The van der Waals surface area contributed by atoms with Crippen molar-refractivity contribution >= 4 is 0 Å². The Balaban J connectivity index is 2.27. The molecule has 1 N–H and O–H groups in total. The van der Waals surface area contributed by atoms with Gasteiger partial charge in [-0.3, -0.25) is 0 Å². The maximum Gasteiger partial charge on any atom is 0.102 e. The average molecular weight is 294 g/mol. The first-order valence-corrected chi connectivity index (χ1v) is 7.89. The van der Waals surface area contributed by atoms with Crippen molar-refractivity contribution in [2.75, 3.05) is 26.4 Å². The third-order valence-electron chi connectivity index (χ3n) is 3.45. The summed E-state index contributed by atoms with van der Waals surface area (Å²) in [6, 6.07) is 8.11. The lowest BCUT2D eigenvalue weighted by atomic mass is 9.86. The monoisotopic (exact) mass is 294 g/mol. The molecule has 0 bridgehead atoms. The van der Waals surface area contributed by atoms with Crippen LogP contribution >= 0.6 is 0 Å². The summed E-state index contributed by atoms with van der Waals surface area (Å²) in [4.78, 5) is 0. The second-order valence-corrected chi connectivity index (χ2v) is 6.43. The zero-order chi connectivity index (χ0) is 15.7. The van der Waals surface area contributed by atoms with Crippen molar-refractivity contribution in [3.05, 3.63) is 35.4 Å². The van der Waals surface area contributed by atoms with Crippen LogP contribution in [-0.4, -0.2) is 31.5 Å². The van der Waals surface area contributed by atoms with Crippen LogP contribution in [0.25, 0.3) is 0 Å². The molecule has 1 aromatic rings. The largest absolute Gasteiger partial charge is 0.386 e. The van der Waals surface area contributed by atoms with Crippen molar-refractivity contribution < 1.29 is 14.6 Å². The van der Waals surface area contributed by atoms with E-state index in [1.807, 2.05) is 12.1 Å². The van der Waals surface area contributed by atoms with Crippen LogP contribution in [0.4, 0.5) is 0 Å². The molecule has 1 aromatic carbocycles. The van der Waals surface area contributed by atoms with E-state index in [0.717, 1.165) is 25.0 Å². The maximum absolute atomic E-state index is 10.1. The van der Waals surface area contributed by atoms with Crippen LogP contribution in [-0.2, 0) is 14.9 Å². The lowest BCUT2D eigenvalue weighted by molar-refractivity contribution is 0.00274. The number of hydrogen-bond acceptors (Lipinski definition) is 3. The summed E-state index contributed by atoms with van der Waals surface area (Å²) < 4.78 is 10.9. The number of aliphatic hydroxyl groups excluding tert-OH is 1. The molecule has 0 radical (unpaired) electrons. The van der Waals surface area contributed by atoms with E-state index >= 15 is 0 Å². The normalized spacial score (nSPS) is 13.4. The highest BCUT2D eigenvalue weighted by molar-refractivity contribution is 5.28. The number of unbranched alkanes of at least 4 members (excludes halogenated alkanes) is 1. The van der Waals surface area contributed by atoms with Gasteiger partial charge in [0.1, 0.15) is 6.10 Å². The molecule has 0 fully saturated rings. The Labute approximate surface area is 129 Å². The Morgan fingerprint density at radius 2 is 1.62 bits per heavy atom. The Morgan fingerprint density at radius 3 is 2.19 bits per heavy atom. The summed E-state index contributed by atoms with van der Waals surface area (Å²) in [6.07, 6.45) is 1.65. The van der Waals surface area contributed by atoms with Crippen LogP contribution in [0.2, 0.25) is 0 Å². The standard InChI is InChI=1S/C18H30O3/c1-5-6-11-20-12-13-21-14-17(19)15-7-9-16(10-8-15)18(2,3)4/h7-10,17,19H,5-6,11-14H2,1-4H3. The minimum atomic E-state index is -0.574. The highest BCUT2D eigenvalue weighted by atomic mass is 16.5. The van der Waals surface area contributed by atoms with Gasteiger partial charge in [0, 0.05) is 6.61 Å². The summed E-state index contributed by atoms with van der Waals surface area (Å²) in [5.41, 5.74) is 2.30. The zero-order valence-electron chi connectivity index (χ0n) is 13.9. The summed E-state index contributed by atoms with van der Waals surface area (Å²) in [5, 5.41) is 10.1. The quantitative estimate of drug-likeness (QED) is 0.703. The van der Waals surface area contributed by atoms with E-state index in [1.54, 1.807) is 0 Å². The molecular formula is C18H30O3. The molecule has 3 heteroatoms. The fourth-order valence-electron chi connectivity index (χ4n) is 1.96. The fraction of sp³-hybridized carbons (Fsp3) is 0.667. The lowest BCUT2D eigenvalue weighted by Crippen LogP contribution is -2.13. The number of benzene rings is 1. The van der Waals surface area contributed by atoms with Crippen molar-refractivity contribution in [1.82, 2.24) is 0 Å². The lowest BCUT2D eigenvalue weighted by Gasteiger charge is -2.20. The van der Waals surface area contributed by atoms with Gasteiger partial charge < -0.3 is 14.6 Å². The molecular weight excluding hydrogens is 264 g/mol. The van der Waals surface area contributed by atoms with Crippen molar-refractivity contribution in [3.63, 3.8) is 0 Å². The minimum Gasteiger partial charge on any atom is -0.386 e. The summed E-state index contributed by atoms with van der Waals surface area (Å²) in [7, 11) is 0. The zero-order valence-corrected chi connectivity index (χ0v) is 13.9. The molecule has 0 aliphatic rings. The molecule has 0 saturated heterocycles. The average Bonchev–Trinajstić information content (AvgIpc) is 2.45. The van der Waals surface area contributed by atoms with E-state index in [2.05, 4.69) is 39.8 Å². The third kappa shape index (κ3) is 7.07. The molecule has 1 unspecified atom stereocenters. The molecule has 0 aromatic heterocycles. The van der Waals surface area contributed by atoms with Gasteiger partial charge in [0.05, 0.1) is 19.8 Å². The summed E-state index contributed by atoms with van der Waals surface area (Å²) in [6.45, 7) is 10.9. The van der Waals surface area contributed by atoms with Gasteiger partial charge in [-0.2, -0.15) is 0 Å². The Morgan fingerprint density at radius 1 is 1.00 bits per heavy atom. The molecule has 0 spiro atoms. The molecule has 120 valence electrons. The van der Waals surface area contributed by atoms with Crippen LogP contribution in [0.5, 0.6) is 0 Å². The molecule has 3 nitrogen and oxygen atoms in total. The summed E-state index contributed by atoms with van der Waals surface area (Å²) >= 11 is 0. The topological polar surface area (TPSA) is 38.7 Å². The number of hydrogen-bond donors (Lipinski definition) is 1. The van der Waals surface area contributed by atoms with Crippen molar-refractivity contribution in [1.29, 1.82) is 0 Å². The van der Waals surface area contributed by atoms with E-state index in [9.17, 15) is 5.11 Å². The molecule has 0 aliphatic carbocycles. The fourth-order valence-corrected chi connectivity index (χ4v) is 1.96.